The third-order valence-corrected chi connectivity index (χ3v) is 7.54. The van der Waals surface area contributed by atoms with E-state index in [1.54, 1.807) is 17.0 Å². The molecule has 0 aromatic heterocycles. The van der Waals surface area contributed by atoms with Crippen molar-refractivity contribution in [2.75, 3.05) is 25.0 Å². The molecule has 2 N–H and O–H groups in total. The summed E-state index contributed by atoms with van der Waals surface area (Å²) in [6.07, 6.45) is -5.37. The number of carbonyl (C=O) groups excluding carboxylic acids is 1. The van der Waals surface area contributed by atoms with Gasteiger partial charge in [-0.2, -0.15) is 21.6 Å². The Morgan fingerprint density at radius 3 is 2.29 bits per heavy atom. The summed E-state index contributed by atoms with van der Waals surface area (Å²) in [6, 6.07) is 21.9. The van der Waals surface area contributed by atoms with Crippen LogP contribution in [0.5, 0.6) is 0 Å². The molecule has 0 aliphatic carbocycles. The van der Waals surface area contributed by atoms with Crippen LogP contribution in [-0.4, -0.2) is 55.9 Å². The molecule has 1 saturated heterocycles. The highest BCUT2D eigenvalue weighted by Gasteiger charge is 2.44. The van der Waals surface area contributed by atoms with Crippen LogP contribution in [0.2, 0.25) is 5.02 Å². The first kappa shape index (κ1) is 32.4. The van der Waals surface area contributed by atoms with Crippen molar-refractivity contribution in [1.29, 1.82) is 0 Å². The molecule has 4 rings (SSSR count). The second kappa shape index (κ2) is 14.7. The Kier molecular flexibility index (Phi) is 11.6. The zero-order valence-electron chi connectivity index (χ0n) is 22.4. The summed E-state index contributed by atoms with van der Waals surface area (Å²) >= 11 is 5.77. The van der Waals surface area contributed by atoms with Crippen LogP contribution in [0.25, 0.3) is 0 Å². The predicted molar refractivity (Wildman–Crippen MR) is 152 cm³/mol. The Morgan fingerprint density at radius 2 is 1.71 bits per heavy atom. The highest BCUT2D eigenvalue weighted by molar-refractivity contribution is 7.85. The molecule has 0 unspecified atom stereocenters. The molecule has 222 valence electrons. The standard InChI is InChI=1S/C22H24ClF3N2O2.C7H8O3S/c23-18-8-10-19(11-9-18)27-21(29)30-20(22(24,25)26)15-28-12-4-7-17(14-28)13-16-5-2-1-3-6-16;1-6-2-4-7(5-3-6)11(8,9)10/h1-3,5-6,8-11,17,20H,4,7,12-15H2,(H,27,29);2-5H,1H3,(H,8,9,10)/t17-,20-;/m0./s1. The Bertz CT molecular complexity index is 1360. The van der Waals surface area contributed by atoms with E-state index in [1.807, 2.05) is 37.3 Å². The number of benzene rings is 3. The number of ether oxygens (including phenoxy) is 1. The first-order valence-corrected chi connectivity index (χ1v) is 14.7. The van der Waals surface area contributed by atoms with Crippen molar-refractivity contribution < 1.29 is 35.7 Å². The van der Waals surface area contributed by atoms with Gasteiger partial charge < -0.3 is 4.74 Å². The maximum absolute atomic E-state index is 13.5. The topological polar surface area (TPSA) is 95.9 Å². The Hall–Kier alpha value is -3.12. The molecule has 3 aromatic rings. The van der Waals surface area contributed by atoms with Crippen LogP contribution in [0.3, 0.4) is 0 Å². The van der Waals surface area contributed by atoms with Crippen LogP contribution in [0, 0.1) is 12.8 Å². The smallest absolute Gasteiger partial charge is 0.426 e. The van der Waals surface area contributed by atoms with Gasteiger partial charge >= 0.3 is 12.3 Å². The lowest BCUT2D eigenvalue weighted by molar-refractivity contribution is -0.207. The third-order valence-electron chi connectivity index (χ3n) is 6.42. The van der Waals surface area contributed by atoms with Crippen LogP contribution < -0.4 is 5.32 Å². The van der Waals surface area contributed by atoms with E-state index in [-0.39, 0.29) is 17.4 Å². The number of hydrogen-bond donors (Lipinski definition) is 2. The highest BCUT2D eigenvalue weighted by Crippen LogP contribution is 2.27. The van der Waals surface area contributed by atoms with E-state index in [2.05, 4.69) is 5.32 Å². The number of likely N-dealkylation sites (tertiary alicyclic amines) is 1. The molecule has 0 saturated carbocycles. The minimum atomic E-state index is -4.65. The lowest BCUT2D eigenvalue weighted by Gasteiger charge is -2.35. The maximum Gasteiger partial charge on any atom is 0.426 e. The summed E-state index contributed by atoms with van der Waals surface area (Å²) in [5.74, 6) is 0.276. The number of nitrogens with zero attached hydrogens (tertiary/aromatic N) is 1. The molecule has 1 aliphatic heterocycles. The summed E-state index contributed by atoms with van der Waals surface area (Å²) in [5.41, 5.74) is 2.44. The number of carbonyl (C=O) groups is 1. The number of anilines is 1. The van der Waals surface area contributed by atoms with Crippen molar-refractivity contribution in [3.05, 3.63) is 95.0 Å². The largest absolute Gasteiger partial charge is 0.435 e. The Labute approximate surface area is 243 Å². The molecule has 3 aromatic carbocycles. The van der Waals surface area contributed by atoms with Crippen molar-refractivity contribution in [3.8, 4) is 0 Å². The average molecular weight is 613 g/mol. The van der Waals surface area contributed by atoms with Gasteiger partial charge in [-0.05, 0) is 80.6 Å². The molecule has 7 nitrogen and oxygen atoms in total. The molecule has 0 bridgehead atoms. The monoisotopic (exact) mass is 612 g/mol. The molecule has 0 spiro atoms. The molecule has 0 radical (unpaired) electrons. The minimum Gasteiger partial charge on any atom is -0.435 e. The first-order chi connectivity index (χ1) is 19.3. The Morgan fingerprint density at radius 1 is 1.07 bits per heavy atom. The normalized spacial score (nSPS) is 16.7. The highest BCUT2D eigenvalue weighted by atomic mass is 35.5. The molecular formula is C29H32ClF3N2O5S. The van der Waals surface area contributed by atoms with Crippen LogP contribution in [0.4, 0.5) is 23.7 Å². The van der Waals surface area contributed by atoms with Gasteiger partial charge in [0, 0.05) is 23.8 Å². The van der Waals surface area contributed by atoms with E-state index >= 15 is 0 Å². The van der Waals surface area contributed by atoms with Crippen LogP contribution in [0.1, 0.15) is 24.0 Å². The summed E-state index contributed by atoms with van der Waals surface area (Å²) in [4.78, 5) is 13.7. The number of alkyl halides is 3. The maximum atomic E-state index is 13.5. The number of rotatable bonds is 7. The molecule has 1 fully saturated rings. The number of hydrogen-bond acceptors (Lipinski definition) is 5. The van der Waals surface area contributed by atoms with Gasteiger partial charge in [-0.1, -0.05) is 59.6 Å². The molecule has 1 heterocycles. The third kappa shape index (κ3) is 11.3. The van der Waals surface area contributed by atoms with Gasteiger partial charge in [0.15, 0.2) is 0 Å². The molecule has 12 heteroatoms. The fourth-order valence-electron chi connectivity index (χ4n) is 4.39. The molecular weight excluding hydrogens is 581 g/mol. The zero-order valence-corrected chi connectivity index (χ0v) is 23.9. The van der Waals surface area contributed by atoms with Gasteiger partial charge in [-0.25, -0.2) is 4.79 Å². The van der Waals surface area contributed by atoms with Crippen molar-refractivity contribution in [3.63, 3.8) is 0 Å². The number of piperidine rings is 1. The van der Waals surface area contributed by atoms with Crippen molar-refractivity contribution >= 4 is 33.5 Å². The number of aryl methyl sites for hydroxylation is 1. The van der Waals surface area contributed by atoms with Crippen LogP contribution in [0.15, 0.2) is 83.8 Å². The molecule has 1 aliphatic rings. The van der Waals surface area contributed by atoms with Gasteiger partial charge in [-0.15, -0.1) is 0 Å². The van der Waals surface area contributed by atoms with Crippen molar-refractivity contribution in [1.82, 2.24) is 4.90 Å². The van der Waals surface area contributed by atoms with E-state index in [1.165, 1.54) is 42.0 Å². The van der Waals surface area contributed by atoms with E-state index in [0.29, 0.717) is 23.8 Å². The van der Waals surface area contributed by atoms with Gasteiger partial charge in [0.05, 0.1) is 4.90 Å². The van der Waals surface area contributed by atoms with Gasteiger partial charge in [0.1, 0.15) is 0 Å². The number of amides is 1. The van der Waals surface area contributed by atoms with Crippen molar-refractivity contribution in [2.24, 2.45) is 5.92 Å². The fourth-order valence-corrected chi connectivity index (χ4v) is 5.00. The summed E-state index contributed by atoms with van der Waals surface area (Å²) in [7, 11) is -4.02. The second-order valence-corrected chi connectivity index (χ2v) is 11.7. The molecule has 41 heavy (non-hydrogen) atoms. The van der Waals surface area contributed by atoms with E-state index in [0.717, 1.165) is 24.8 Å². The van der Waals surface area contributed by atoms with E-state index in [9.17, 15) is 26.4 Å². The summed E-state index contributed by atoms with van der Waals surface area (Å²) in [6.45, 7) is 2.57. The lowest BCUT2D eigenvalue weighted by atomic mass is 9.91. The van der Waals surface area contributed by atoms with Gasteiger partial charge in [0.2, 0.25) is 6.10 Å². The first-order valence-electron chi connectivity index (χ1n) is 12.9. The zero-order chi connectivity index (χ0) is 30.0. The molecule has 1 amide bonds. The quantitative estimate of drug-likeness (QED) is 0.279. The van der Waals surface area contributed by atoms with Crippen LogP contribution >= 0.6 is 11.6 Å². The SMILES string of the molecule is Cc1ccc(S(=O)(=O)O)cc1.O=C(Nc1ccc(Cl)cc1)O[C@@H](CN1CCC[C@@H](Cc2ccccc2)C1)C(F)(F)F. The van der Waals surface area contributed by atoms with Crippen LogP contribution in [-0.2, 0) is 21.3 Å². The van der Waals surface area contributed by atoms with E-state index in [4.69, 9.17) is 20.9 Å². The summed E-state index contributed by atoms with van der Waals surface area (Å²) < 4.78 is 74.9. The fraction of sp³-hybridized carbons (Fsp3) is 0.345. The van der Waals surface area contributed by atoms with E-state index < -0.39 is 28.5 Å². The lowest BCUT2D eigenvalue weighted by Crippen LogP contribution is -2.47. The van der Waals surface area contributed by atoms with Gasteiger partial charge in [-0.3, -0.25) is 14.8 Å². The average Bonchev–Trinajstić information content (AvgIpc) is 2.90. The predicted octanol–water partition coefficient (Wildman–Crippen LogP) is 7.02. The number of halogens is 4. The van der Waals surface area contributed by atoms with Crippen molar-refractivity contribution in [2.45, 2.75) is 43.4 Å². The number of nitrogens with one attached hydrogen (secondary N) is 1. The van der Waals surface area contributed by atoms with Gasteiger partial charge in [0.25, 0.3) is 10.1 Å². The Balaban J connectivity index is 0.000000352. The minimum absolute atomic E-state index is 0.0666. The second-order valence-electron chi connectivity index (χ2n) is 9.81. The summed E-state index contributed by atoms with van der Waals surface area (Å²) in [5, 5.41) is 2.77. The molecule has 2 atom stereocenters.